The molecule has 4 rings (SSSR count). The molecule has 1 aromatic heterocycles. The lowest BCUT2D eigenvalue weighted by molar-refractivity contribution is -0.156. The van der Waals surface area contributed by atoms with E-state index in [0.717, 1.165) is 19.3 Å². The second-order valence-electron chi connectivity index (χ2n) is 7.45. The molecule has 2 heterocycles. The Hall–Kier alpha value is -2.19. The van der Waals surface area contributed by atoms with E-state index in [9.17, 15) is 13.2 Å². The van der Waals surface area contributed by atoms with E-state index in [-0.39, 0.29) is 24.0 Å². The van der Waals surface area contributed by atoms with Crippen LogP contribution >= 0.6 is 0 Å². The summed E-state index contributed by atoms with van der Waals surface area (Å²) < 4.78 is 34.6. The highest BCUT2D eigenvalue weighted by atomic mass is 32.2. The summed E-state index contributed by atoms with van der Waals surface area (Å²) in [5.41, 5.74) is 0. The number of carbonyl (C=O) groups excluding carboxylic acids is 1. The number of carbonyl (C=O) groups is 1. The van der Waals surface area contributed by atoms with Crippen LogP contribution in [0.25, 0.3) is 0 Å². The van der Waals surface area contributed by atoms with Gasteiger partial charge in [0.1, 0.15) is 6.10 Å². The van der Waals surface area contributed by atoms with Crippen molar-refractivity contribution in [2.75, 3.05) is 13.1 Å². The highest BCUT2D eigenvalue weighted by Crippen LogP contribution is 2.33. The van der Waals surface area contributed by atoms with Crippen molar-refractivity contribution in [1.82, 2.24) is 14.1 Å². The van der Waals surface area contributed by atoms with Gasteiger partial charge < -0.3 is 4.74 Å². The molecule has 150 valence electrons. The number of esters is 1. The Bertz CT molecular complexity index is 891. The van der Waals surface area contributed by atoms with Gasteiger partial charge in [-0.25, -0.2) is 8.42 Å². The van der Waals surface area contributed by atoms with Crippen molar-refractivity contribution in [3.05, 3.63) is 48.8 Å². The minimum atomic E-state index is -3.50. The number of rotatable bonds is 5. The first-order chi connectivity index (χ1) is 13.6. The molecule has 0 amide bonds. The molecular formula is C20H25N3O4S. The zero-order valence-electron chi connectivity index (χ0n) is 15.7. The number of hydrogen-bond donors (Lipinski definition) is 0. The second kappa shape index (κ2) is 8.05. The minimum Gasteiger partial charge on any atom is -0.460 e. The van der Waals surface area contributed by atoms with E-state index in [4.69, 9.17) is 4.74 Å². The van der Waals surface area contributed by atoms with Gasteiger partial charge in [0, 0.05) is 25.5 Å². The average Bonchev–Trinajstić information content (AvgIpc) is 3.40. The standard InChI is InChI=1S/C20H25N3O4S/c24-20(27-19-9-4-8-18(19)23-13-5-12-21-23)16-10-14-22(15-11-16)28(25,26)17-6-2-1-3-7-17/h1-3,5-7,12-13,16,18-19H,4,8-11,14-15H2/t18-,19-/m1/s1. The second-order valence-corrected chi connectivity index (χ2v) is 9.39. The van der Waals surface area contributed by atoms with E-state index < -0.39 is 10.0 Å². The molecule has 1 aliphatic heterocycles. The molecule has 0 N–H and O–H groups in total. The van der Waals surface area contributed by atoms with E-state index in [0.29, 0.717) is 30.8 Å². The van der Waals surface area contributed by atoms with Crippen LogP contribution < -0.4 is 0 Å². The predicted octanol–water partition coefficient (Wildman–Crippen LogP) is 2.62. The summed E-state index contributed by atoms with van der Waals surface area (Å²) in [6.07, 6.45) is 7.28. The molecule has 2 atom stereocenters. The first-order valence-corrected chi connectivity index (χ1v) is 11.2. The maximum Gasteiger partial charge on any atom is 0.309 e. The molecule has 2 fully saturated rings. The summed E-state index contributed by atoms with van der Waals surface area (Å²) in [7, 11) is -3.50. The Morgan fingerprint density at radius 2 is 1.79 bits per heavy atom. The number of benzene rings is 1. The number of hydrogen-bond acceptors (Lipinski definition) is 5. The van der Waals surface area contributed by atoms with Gasteiger partial charge in [-0.05, 0) is 50.3 Å². The largest absolute Gasteiger partial charge is 0.460 e. The summed E-state index contributed by atoms with van der Waals surface area (Å²) >= 11 is 0. The van der Waals surface area contributed by atoms with E-state index >= 15 is 0 Å². The molecule has 7 nitrogen and oxygen atoms in total. The quantitative estimate of drug-likeness (QED) is 0.717. The molecule has 0 unspecified atom stereocenters. The third-order valence-electron chi connectivity index (χ3n) is 5.72. The number of nitrogens with zero attached hydrogens (tertiary/aromatic N) is 3. The Labute approximate surface area is 165 Å². The molecule has 1 aliphatic carbocycles. The van der Waals surface area contributed by atoms with E-state index in [1.165, 1.54) is 4.31 Å². The molecule has 2 aromatic rings. The van der Waals surface area contributed by atoms with Gasteiger partial charge in [-0.3, -0.25) is 9.48 Å². The topological polar surface area (TPSA) is 81.5 Å². The summed E-state index contributed by atoms with van der Waals surface area (Å²) in [6.45, 7) is 0.675. The summed E-state index contributed by atoms with van der Waals surface area (Å²) in [4.78, 5) is 13.0. The van der Waals surface area contributed by atoms with Crippen molar-refractivity contribution in [3.63, 3.8) is 0 Å². The molecule has 0 radical (unpaired) electrons. The van der Waals surface area contributed by atoms with E-state index in [2.05, 4.69) is 5.10 Å². The smallest absolute Gasteiger partial charge is 0.309 e. The lowest BCUT2D eigenvalue weighted by Gasteiger charge is -2.31. The monoisotopic (exact) mass is 403 g/mol. The van der Waals surface area contributed by atoms with E-state index in [1.807, 2.05) is 16.9 Å². The maximum absolute atomic E-state index is 12.7. The fraction of sp³-hybridized carbons (Fsp3) is 0.500. The van der Waals surface area contributed by atoms with Crippen LogP contribution in [-0.4, -0.2) is 47.7 Å². The zero-order valence-corrected chi connectivity index (χ0v) is 16.5. The molecule has 28 heavy (non-hydrogen) atoms. The highest BCUT2D eigenvalue weighted by Gasteiger charge is 2.37. The van der Waals surface area contributed by atoms with Gasteiger partial charge in [0.2, 0.25) is 10.0 Å². The number of aromatic nitrogens is 2. The van der Waals surface area contributed by atoms with Crippen LogP contribution in [0.4, 0.5) is 0 Å². The Morgan fingerprint density at radius 1 is 1.04 bits per heavy atom. The van der Waals surface area contributed by atoms with Crippen LogP contribution in [0.2, 0.25) is 0 Å². The van der Waals surface area contributed by atoms with Crippen LogP contribution in [0.5, 0.6) is 0 Å². The fourth-order valence-electron chi connectivity index (χ4n) is 4.14. The molecule has 0 spiro atoms. The summed E-state index contributed by atoms with van der Waals surface area (Å²) in [5.74, 6) is -0.457. The normalized spacial score (nSPS) is 24.3. The number of sulfonamides is 1. The Balaban J connectivity index is 1.34. The number of piperidine rings is 1. The predicted molar refractivity (Wildman–Crippen MR) is 103 cm³/mol. The van der Waals surface area contributed by atoms with Gasteiger partial charge in [-0.2, -0.15) is 9.40 Å². The van der Waals surface area contributed by atoms with Crippen molar-refractivity contribution in [2.45, 2.75) is 49.1 Å². The lowest BCUT2D eigenvalue weighted by atomic mass is 9.98. The fourth-order valence-corrected chi connectivity index (χ4v) is 5.63. The van der Waals surface area contributed by atoms with Crippen LogP contribution in [0.15, 0.2) is 53.7 Å². The van der Waals surface area contributed by atoms with Crippen LogP contribution in [-0.2, 0) is 19.6 Å². The van der Waals surface area contributed by atoms with Crippen molar-refractivity contribution in [2.24, 2.45) is 5.92 Å². The highest BCUT2D eigenvalue weighted by molar-refractivity contribution is 7.89. The SMILES string of the molecule is O=C(O[C@@H]1CCC[C@H]1n1cccn1)C1CCN(S(=O)(=O)c2ccccc2)CC1. The zero-order chi connectivity index (χ0) is 19.6. The molecular weight excluding hydrogens is 378 g/mol. The molecule has 0 bridgehead atoms. The van der Waals surface area contributed by atoms with Gasteiger partial charge in [0.15, 0.2) is 0 Å². The molecule has 2 aliphatic rings. The lowest BCUT2D eigenvalue weighted by Crippen LogP contribution is -2.41. The van der Waals surface area contributed by atoms with Crippen LogP contribution in [0.1, 0.15) is 38.1 Å². The van der Waals surface area contributed by atoms with Gasteiger partial charge in [0.05, 0.1) is 16.9 Å². The van der Waals surface area contributed by atoms with Gasteiger partial charge in [-0.15, -0.1) is 0 Å². The molecule has 1 saturated heterocycles. The van der Waals surface area contributed by atoms with Gasteiger partial charge >= 0.3 is 5.97 Å². The first kappa shape index (κ1) is 19.1. The van der Waals surface area contributed by atoms with Crippen molar-refractivity contribution in [3.8, 4) is 0 Å². The average molecular weight is 404 g/mol. The summed E-state index contributed by atoms with van der Waals surface area (Å²) in [5, 5.41) is 4.29. The van der Waals surface area contributed by atoms with Crippen molar-refractivity contribution >= 4 is 16.0 Å². The third-order valence-corrected chi connectivity index (χ3v) is 7.63. The minimum absolute atomic E-state index is 0.0949. The number of ether oxygens (including phenoxy) is 1. The van der Waals surface area contributed by atoms with Crippen LogP contribution in [0.3, 0.4) is 0 Å². The van der Waals surface area contributed by atoms with Crippen LogP contribution in [0, 0.1) is 5.92 Å². The van der Waals surface area contributed by atoms with Gasteiger partial charge in [0.25, 0.3) is 0 Å². The molecule has 1 saturated carbocycles. The Kier molecular flexibility index (Phi) is 5.50. The third kappa shape index (κ3) is 3.84. The van der Waals surface area contributed by atoms with Gasteiger partial charge in [-0.1, -0.05) is 18.2 Å². The molecule has 1 aromatic carbocycles. The molecule has 8 heteroatoms. The van der Waals surface area contributed by atoms with E-state index in [1.54, 1.807) is 36.5 Å². The van der Waals surface area contributed by atoms with Crippen molar-refractivity contribution < 1.29 is 17.9 Å². The first-order valence-electron chi connectivity index (χ1n) is 9.80. The summed E-state index contributed by atoms with van der Waals surface area (Å²) in [6, 6.07) is 10.4. The maximum atomic E-state index is 12.7. The van der Waals surface area contributed by atoms with Crippen molar-refractivity contribution in [1.29, 1.82) is 0 Å². The Morgan fingerprint density at radius 3 is 2.46 bits per heavy atom.